The van der Waals surface area contributed by atoms with Crippen LogP contribution in [-0.4, -0.2) is 30.4 Å². The Balaban J connectivity index is 1.71. The number of piperidine rings is 1. The van der Waals surface area contributed by atoms with Crippen LogP contribution < -0.4 is 5.73 Å². The molecule has 0 bridgehead atoms. The molecule has 1 aromatic heterocycles. The molecule has 16 heavy (non-hydrogen) atoms. The van der Waals surface area contributed by atoms with Crippen molar-refractivity contribution < 1.29 is 0 Å². The molecule has 1 aliphatic heterocycles. The Hall–Kier alpha value is -0.870. The maximum absolute atomic E-state index is 7.43. The van der Waals surface area contributed by atoms with Gasteiger partial charge in [-0.15, -0.1) is 11.3 Å². The van der Waals surface area contributed by atoms with Crippen LogP contribution in [0.25, 0.3) is 0 Å². The van der Waals surface area contributed by atoms with Crippen LogP contribution in [-0.2, 0) is 6.42 Å². The molecule has 3 N–H and O–H groups in total. The molecule has 0 aliphatic carbocycles. The Labute approximate surface area is 101 Å². The highest BCUT2D eigenvalue weighted by molar-refractivity contribution is 7.09. The lowest BCUT2D eigenvalue weighted by Gasteiger charge is -2.31. The van der Waals surface area contributed by atoms with Crippen molar-refractivity contribution in [1.29, 1.82) is 5.41 Å². The van der Waals surface area contributed by atoms with Crippen molar-refractivity contribution in [3.05, 3.63) is 22.4 Å². The minimum atomic E-state index is 0.331. The Morgan fingerprint density at radius 3 is 2.81 bits per heavy atom. The molecule has 88 valence electrons. The first-order valence-electron chi connectivity index (χ1n) is 5.84. The molecular formula is C12H19N3S. The predicted octanol–water partition coefficient (Wildman–Crippen LogP) is 1.94. The molecule has 0 radical (unpaired) electrons. The van der Waals surface area contributed by atoms with Gasteiger partial charge in [-0.05, 0) is 43.8 Å². The molecule has 0 aromatic carbocycles. The summed E-state index contributed by atoms with van der Waals surface area (Å²) in [6.07, 6.45) is 3.27. The molecule has 2 heterocycles. The van der Waals surface area contributed by atoms with Gasteiger partial charge in [0.05, 0.1) is 5.84 Å². The number of hydrogen-bond donors (Lipinski definition) is 2. The van der Waals surface area contributed by atoms with Crippen LogP contribution in [0.2, 0.25) is 0 Å². The van der Waals surface area contributed by atoms with Gasteiger partial charge in [0.15, 0.2) is 0 Å². The lowest BCUT2D eigenvalue weighted by Crippen LogP contribution is -2.39. The Morgan fingerprint density at radius 1 is 1.50 bits per heavy atom. The summed E-state index contributed by atoms with van der Waals surface area (Å²) in [6, 6.07) is 4.31. The van der Waals surface area contributed by atoms with Gasteiger partial charge < -0.3 is 10.6 Å². The van der Waals surface area contributed by atoms with Crippen molar-refractivity contribution in [1.82, 2.24) is 4.90 Å². The van der Waals surface area contributed by atoms with E-state index < -0.39 is 0 Å². The summed E-state index contributed by atoms with van der Waals surface area (Å²) in [7, 11) is 0. The third kappa shape index (κ3) is 3.06. The highest BCUT2D eigenvalue weighted by Gasteiger charge is 2.20. The number of hydrogen-bond acceptors (Lipinski definition) is 3. The largest absolute Gasteiger partial charge is 0.387 e. The van der Waals surface area contributed by atoms with Crippen LogP contribution in [0.1, 0.15) is 17.7 Å². The average molecular weight is 237 g/mol. The molecule has 3 nitrogen and oxygen atoms in total. The molecule has 1 aromatic rings. The molecule has 2 rings (SSSR count). The van der Waals surface area contributed by atoms with Gasteiger partial charge >= 0.3 is 0 Å². The Bertz CT molecular complexity index is 326. The molecule has 0 spiro atoms. The van der Waals surface area contributed by atoms with E-state index in [9.17, 15) is 0 Å². The summed E-state index contributed by atoms with van der Waals surface area (Å²) in [5.74, 6) is 0.705. The number of rotatable bonds is 4. The van der Waals surface area contributed by atoms with Gasteiger partial charge in [-0.1, -0.05) is 6.07 Å². The first-order chi connectivity index (χ1) is 7.75. The van der Waals surface area contributed by atoms with E-state index >= 15 is 0 Å². The van der Waals surface area contributed by atoms with Gasteiger partial charge in [0.2, 0.25) is 0 Å². The topological polar surface area (TPSA) is 53.1 Å². The van der Waals surface area contributed by atoms with E-state index in [1.807, 2.05) is 11.3 Å². The van der Waals surface area contributed by atoms with Crippen molar-refractivity contribution in [2.75, 3.05) is 19.6 Å². The van der Waals surface area contributed by atoms with Gasteiger partial charge in [-0.25, -0.2) is 0 Å². The van der Waals surface area contributed by atoms with Gasteiger partial charge in [0.1, 0.15) is 0 Å². The number of likely N-dealkylation sites (tertiary alicyclic amines) is 1. The van der Waals surface area contributed by atoms with E-state index in [-0.39, 0.29) is 0 Å². The average Bonchev–Trinajstić information content (AvgIpc) is 2.80. The van der Waals surface area contributed by atoms with E-state index in [0.29, 0.717) is 11.8 Å². The van der Waals surface area contributed by atoms with Crippen molar-refractivity contribution in [3.8, 4) is 0 Å². The van der Waals surface area contributed by atoms with Crippen LogP contribution in [0.4, 0.5) is 0 Å². The summed E-state index contributed by atoms with van der Waals surface area (Å²) < 4.78 is 0. The van der Waals surface area contributed by atoms with Gasteiger partial charge in [-0.3, -0.25) is 5.41 Å². The standard InChI is InChI=1S/C12H19N3S/c13-12(14)10-3-6-15(7-4-10)8-5-11-2-1-9-16-11/h1-2,9-10H,3-8H2,(H3,13,14). The SMILES string of the molecule is N=C(N)C1CCN(CCc2cccs2)CC1. The van der Waals surface area contributed by atoms with E-state index in [1.165, 1.54) is 4.88 Å². The second-order valence-electron chi connectivity index (χ2n) is 4.40. The van der Waals surface area contributed by atoms with Crippen molar-refractivity contribution in [2.24, 2.45) is 11.7 Å². The normalized spacial score (nSPS) is 18.8. The third-order valence-electron chi connectivity index (χ3n) is 3.28. The first kappa shape index (κ1) is 11.6. The highest BCUT2D eigenvalue weighted by atomic mass is 32.1. The maximum atomic E-state index is 7.43. The van der Waals surface area contributed by atoms with E-state index in [2.05, 4.69) is 22.4 Å². The van der Waals surface area contributed by atoms with Crippen molar-refractivity contribution >= 4 is 17.2 Å². The number of nitrogens with one attached hydrogen (secondary N) is 1. The van der Waals surface area contributed by atoms with Gasteiger partial charge in [-0.2, -0.15) is 0 Å². The summed E-state index contributed by atoms with van der Waals surface area (Å²) in [5.41, 5.74) is 5.53. The Kier molecular flexibility index (Phi) is 3.96. The predicted molar refractivity (Wildman–Crippen MR) is 69.1 cm³/mol. The maximum Gasteiger partial charge on any atom is 0.0937 e. The highest BCUT2D eigenvalue weighted by Crippen LogP contribution is 2.17. The van der Waals surface area contributed by atoms with Crippen LogP contribution in [0.15, 0.2) is 17.5 Å². The fourth-order valence-corrected chi connectivity index (χ4v) is 2.89. The molecule has 0 unspecified atom stereocenters. The van der Waals surface area contributed by atoms with Gasteiger partial charge in [0, 0.05) is 17.3 Å². The zero-order valence-corrected chi connectivity index (χ0v) is 10.3. The van der Waals surface area contributed by atoms with E-state index in [0.717, 1.165) is 38.9 Å². The summed E-state index contributed by atoms with van der Waals surface area (Å²) in [6.45, 7) is 3.33. The van der Waals surface area contributed by atoms with Crippen LogP contribution in [0.3, 0.4) is 0 Å². The quantitative estimate of drug-likeness (QED) is 0.621. The van der Waals surface area contributed by atoms with Gasteiger partial charge in [0.25, 0.3) is 0 Å². The van der Waals surface area contributed by atoms with Crippen molar-refractivity contribution in [3.63, 3.8) is 0 Å². The number of nitrogens with zero attached hydrogens (tertiary/aromatic N) is 1. The summed E-state index contributed by atoms with van der Waals surface area (Å²) >= 11 is 1.84. The molecule has 4 heteroatoms. The Morgan fingerprint density at radius 2 is 2.25 bits per heavy atom. The molecule has 0 amide bonds. The molecule has 1 saturated heterocycles. The lowest BCUT2D eigenvalue weighted by atomic mass is 9.96. The van der Waals surface area contributed by atoms with E-state index in [1.54, 1.807) is 0 Å². The smallest absolute Gasteiger partial charge is 0.0937 e. The number of nitrogens with two attached hydrogens (primary N) is 1. The fraction of sp³-hybridized carbons (Fsp3) is 0.583. The zero-order chi connectivity index (χ0) is 11.4. The summed E-state index contributed by atoms with van der Waals surface area (Å²) in [5, 5.41) is 9.57. The monoisotopic (exact) mass is 237 g/mol. The zero-order valence-electron chi connectivity index (χ0n) is 9.48. The van der Waals surface area contributed by atoms with Crippen LogP contribution in [0, 0.1) is 11.3 Å². The second kappa shape index (κ2) is 5.46. The van der Waals surface area contributed by atoms with E-state index in [4.69, 9.17) is 11.1 Å². The number of amidine groups is 1. The fourth-order valence-electron chi connectivity index (χ4n) is 2.19. The molecule has 1 aliphatic rings. The van der Waals surface area contributed by atoms with Crippen LogP contribution >= 0.6 is 11.3 Å². The summed E-state index contributed by atoms with van der Waals surface area (Å²) in [4.78, 5) is 3.95. The van der Waals surface area contributed by atoms with Crippen LogP contribution in [0.5, 0.6) is 0 Å². The third-order valence-corrected chi connectivity index (χ3v) is 4.22. The second-order valence-corrected chi connectivity index (χ2v) is 5.43. The molecule has 0 atom stereocenters. The lowest BCUT2D eigenvalue weighted by molar-refractivity contribution is 0.211. The first-order valence-corrected chi connectivity index (χ1v) is 6.72. The minimum Gasteiger partial charge on any atom is -0.387 e. The molecule has 1 fully saturated rings. The molecular weight excluding hydrogens is 218 g/mol. The molecule has 0 saturated carbocycles. The minimum absolute atomic E-state index is 0.331. The van der Waals surface area contributed by atoms with Crippen molar-refractivity contribution in [2.45, 2.75) is 19.3 Å². The number of thiophene rings is 1.